The largest absolute Gasteiger partial charge is 0.481 e. The van der Waals surface area contributed by atoms with Gasteiger partial charge < -0.3 is 4.74 Å². The highest BCUT2D eigenvalue weighted by Crippen LogP contribution is 2.26. The SMILES string of the molecule is COc1cc(C2=CCCC(Cl)=C2)ncn1. The van der Waals surface area contributed by atoms with Crippen molar-refractivity contribution in [2.45, 2.75) is 12.8 Å². The first-order valence-electron chi connectivity index (χ1n) is 4.72. The quantitative estimate of drug-likeness (QED) is 0.772. The summed E-state index contributed by atoms with van der Waals surface area (Å²) in [6.45, 7) is 0. The molecule has 1 aliphatic rings. The minimum absolute atomic E-state index is 0.566. The summed E-state index contributed by atoms with van der Waals surface area (Å²) < 4.78 is 5.04. The smallest absolute Gasteiger partial charge is 0.216 e. The molecule has 0 spiro atoms. The fraction of sp³-hybridized carbons (Fsp3) is 0.273. The van der Waals surface area contributed by atoms with Gasteiger partial charge in [0.05, 0.1) is 12.8 Å². The zero-order chi connectivity index (χ0) is 10.7. The van der Waals surface area contributed by atoms with Crippen molar-refractivity contribution in [3.63, 3.8) is 0 Å². The lowest BCUT2D eigenvalue weighted by Gasteiger charge is -2.09. The molecule has 0 bridgehead atoms. The van der Waals surface area contributed by atoms with E-state index in [9.17, 15) is 0 Å². The molecule has 4 heteroatoms. The van der Waals surface area contributed by atoms with Gasteiger partial charge in [-0.25, -0.2) is 9.97 Å². The first kappa shape index (κ1) is 10.2. The van der Waals surface area contributed by atoms with E-state index in [1.807, 2.05) is 6.08 Å². The molecule has 1 aromatic rings. The van der Waals surface area contributed by atoms with Crippen LogP contribution in [0.25, 0.3) is 5.57 Å². The highest BCUT2D eigenvalue weighted by Gasteiger charge is 2.07. The van der Waals surface area contributed by atoms with Gasteiger partial charge in [0.25, 0.3) is 0 Å². The number of nitrogens with zero attached hydrogens (tertiary/aromatic N) is 2. The van der Waals surface area contributed by atoms with E-state index in [0.717, 1.165) is 29.1 Å². The van der Waals surface area contributed by atoms with Crippen molar-refractivity contribution in [1.29, 1.82) is 0 Å². The number of methoxy groups -OCH3 is 1. The number of hydrogen-bond donors (Lipinski definition) is 0. The zero-order valence-corrected chi connectivity index (χ0v) is 9.16. The van der Waals surface area contributed by atoms with Crippen LogP contribution in [0.5, 0.6) is 5.88 Å². The van der Waals surface area contributed by atoms with E-state index < -0.39 is 0 Å². The van der Waals surface area contributed by atoms with Crippen LogP contribution < -0.4 is 4.74 Å². The fourth-order valence-corrected chi connectivity index (χ4v) is 1.68. The highest BCUT2D eigenvalue weighted by atomic mass is 35.5. The van der Waals surface area contributed by atoms with E-state index in [1.165, 1.54) is 6.33 Å². The van der Waals surface area contributed by atoms with Crippen molar-refractivity contribution in [3.8, 4) is 5.88 Å². The first-order valence-corrected chi connectivity index (χ1v) is 5.10. The van der Waals surface area contributed by atoms with Gasteiger partial charge in [-0.15, -0.1) is 0 Å². The number of hydrogen-bond acceptors (Lipinski definition) is 3. The Morgan fingerprint density at radius 1 is 1.40 bits per heavy atom. The second-order valence-electron chi connectivity index (χ2n) is 3.23. The second-order valence-corrected chi connectivity index (χ2v) is 3.72. The molecule has 1 aliphatic carbocycles. The van der Waals surface area contributed by atoms with Crippen LogP contribution in [-0.4, -0.2) is 17.1 Å². The van der Waals surface area contributed by atoms with Crippen molar-refractivity contribution in [2.24, 2.45) is 0 Å². The topological polar surface area (TPSA) is 35.0 Å². The lowest BCUT2D eigenvalue weighted by molar-refractivity contribution is 0.396. The maximum atomic E-state index is 5.98. The molecule has 0 atom stereocenters. The summed E-state index contributed by atoms with van der Waals surface area (Å²) in [4.78, 5) is 8.14. The minimum atomic E-state index is 0.566. The van der Waals surface area contributed by atoms with Crippen LogP contribution >= 0.6 is 11.6 Å². The maximum absolute atomic E-state index is 5.98. The maximum Gasteiger partial charge on any atom is 0.216 e. The van der Waals surface area contributed by atoms with Gasteiger partial charge in [-0.1, -0.05) is 17.7 Å². The van der Waals surface area contributed by atoms with Crippen LogP contribution in [0.3, 0.4) is 0 Å². The van der Waals surface area contributed by atoms with Gasteiger partial charge in [0.2, 0.25) is 5.88 Å². The third kappa shape index (κ3) is 2.36. The molecule has 0 radical (unpaired) electrons. The molecule has 0 saturated carbocycles. The average Bonchev–Trinajstić information content (AvgIpc) is 2.29. The Morgan fingerprint density at radius 3 is 3.00 bits per heavy atom. The van der Waals surface area contributed by atoms with Crippen LogP contribution in [-0.2, 0) is 0 Å². The van der Waals surface area contributed by atoms with Gasteiger partial charge in [0.15, 0.2) is 0 Å². The Morgan fingerprint density at radius 2 is 2.27 bits per heavy atom. The summed E-state index contributed by atoms with van der Waals surface area (Å²) in [6.07, 6.45) is 7.41. The summed E-state index contributed by atoms with van der Waals surface area (Å²) in [6, 6.07) is 1.80. The predicted octanol–water partition coefficient (Wildman–Crippen LogP) is 2.79. The van der Waals surface area contributed by atoms with Crippen molar-refractivity contribution < 1.29 is 4.74 Å². The van der Waals surface area contributed by atoms with Crippen molar-refractivity contribution in [1.82, 2.24) is 9.97 Å². The first-order chi connectivity index (χ1) is 7.29. The molecule has 0 unspecified atom stereocenters. The summed E-state index contributed by atoms with van der Waals surface area (Å²) in [5.41, 5.74) is 1.88. The normalized spacial score (nSPS) is 15.6. The molecule has 0 N–H and O–H groups in total. The molecule has 3 nitrogen and oxygen atoms in total. The Kier molecular flexibility index (Phi) is 3.02. The van der Waals surface area contributed by atoms with Gasteiger partial charge in [-0.05, 0) is 24.5 Å². The third-order valence-electron chi connectivity index (χ3n) is 2.21. The van der Waals surface area contributed by atoms with Crippen molar-refractivity contribution >= 4 is 17.2 Å². The average molecular weight is 223 g/mol. The van der Waals surface area contributed by atoms with E-state index in [2.05, 4.69) is 16.0 Å². The molecule has 0 saturated heterocycles. The van der Waals surface area contributed by atoms with Crippen molar-refractivity contribution in [3.05, 3.63) is 35.3 Å². The minimum Gasteiger partial charge on any atom is -0.481 e. The predicted molar refractivity (Wildman–Crippen MR) is 59.7 cm³/mol. The molecule has 2 rings (SSSR count). The summed E-state index contributed by atoms with van der Waals surface area (Å²) in [5.74, 6) is 0.566. The van der Waals surface area contributed by atoms with E-state index in [-0.39, 0.29) is 0 Å². The molecule has 0 aliphatic heterocycles. The highest BCUT2D eigenvalue weighted by molar-refractivity contribution is 6.30. The van der Waals surface area contributed by atoms with Crippen molar-refractivity contribution in [2.75, 3.05) is 7.11 Å². The van der Waals surface area contributed by atoms with Crippen LogP contribution in [0.2, 0.25) is 0 Å². The standard InChI is InChI=1S/C11H11ClN2O/c1-15-11-6-10(13-7-14-11)8-3-2-4-9(12)5-8/h3,5-7H,2,4H2,1H3. The zero-order valence-electron chi connectivity index (χ0n) is 8.40. The van der Waals surface area contributed by atoms with Crippen LogP contribution in [0.4, 0.5) is 0 Å². The Hall–Kier alpha value is -1.35. The van der Waals surface area contributed by atoms with E-state index in [1.54, 1.807) is 13.2 Å². The van der Waals surface area contributed by atoms with E-state index >= 15 is 0 Å². The summed E-state index contributed by atoms with van der Waals surface area (Å²) >= 11 is 5.98. The number of ether oxygens (including phenoxy) is 1. The summed E-state index contributed by atoms with van der Waals surface area (Å²) in [7, 11) is 1.59. The van der Waals surface area contributed by atoms with Gasteiger partial charge in [-0.2, -0.15) is 0 Å². The third-order valence-corrected chi connectivity index (χ3v) is 2.50. The lowest BCUT2D eigenvalue weighted by Crippen LogP contribution is -1.95. The Balaban J connectivity index is 2.33. The van der Waals surface area contributed by atoms with Gasteiger partial charge in [0, 0.05) is 11.1 Å². The summed E-state index contributed by atoms with van der Waals surface area (Å²) in [5, 5.41) is 0.866. The van der Waals surface area contributed by atoms with Gasteiger partial charge in [0.1, 0.15) is 6.33 Å². The van der Waals surface area contributed by atoms with E-state index in [4.69, 9.17) is 16.3 Å². The number of allylic oxidation sites excluding steroid dienone is 4. The fourth-order valence-electron chi connectivity index (χ4n) is 1.45. The molecule has 78 valence electrons. The monoisotopic (exact) mass is 222 g/mol. The van der Waals surface area contributed by atoms with Crippen LogP contribution in [0, 0.1) is 0 Å². The Labute approximate surface area is 93.5 Å². The van der Waals surface area contributed by atoms with Crippen LogP contribution in [0.1, 0.15) is 18.5 Å². The molecular formula is C11H11ClN2O. The number of rotatable bonds is 2. The second kappa shape index (κ2) is 4.45. The van der Waals surface area contributed by atoms with Gasteiger partial charge >= 0.3 is 0 Å². The molecule has 1 heterocycles. The molecule has 0 aromatic carbocycles. The molecule has 0 fully saturated rings. The number of aromatic nitrogens is 2. The van der Waals surface area contributed by atoms with Crippen LogP contribution in [0.15, 0.2) is 29.6 Å². The Bertz CT molecular complexity index is 426. The molecule has 0 amide bonds. The molecule has 15 heavy (non-hydrogen) atoms. The van der Waals surface area contributed by atoms with Gasteiger partial charge in [-0.3, -0.25) is 0 Å². The molecule has 1 aromatic heterocycles. The molecular weight excluding hydrogens is 212 g/mol. The number of halogens is 1. The van der Waals surface area contributed by atoms with E-state index in [0.29, 0.717) is 5.88 Å². The lowest BCUT2D eigenvalue weighted by atomic mass is 10.0.